The Balaban J connectivity index is 1.71. The molecule has 0 aromatic rings. The van der Waals surface area contributed by atoms with Gasteiger partial charge in [-0.15, -0.1) is 0 Å². The first-order valence-electron chi connectivity index (χ1n) is 7.85. The first kappa shape index (κ1) is 14.3. The molecule has 0 aromatic heterocycles. The zero-order valence-corrected chi connectivity index (χ0v) is 12.5. The first-order valence-corrected chi connectivity index (χ1v) is 7.85. The second-order valence-electron chi connectivity index (χ2n) is 6.59. The molecule has 2 fully saturated rings. The molecule has 2 rings (SSSR count). The molecule has 0 radical (unpaired) electrons. The number of rotatable bonds is 5. The average molecular weight is 253 g/mol. The Kier molecular flexibility index (Phi) is 5.46. The quantitative estimate of drug-likeness (QED) is 0.754. The molecule has 0 saturated carbocycles. The maximum absolute atomic E-state index is 3.57. The molecule has 0 bridgehead atoms. The zero-order chi connectivity index (χ0) is 13.0. The molecule has 3 heteroatoms. The van der Waals surface area contributed by atoms with Gasteiger partial charge in [-0.3, -0.25) is 9.80 Å². The van der Waals surface area contributed by atoms with Gasteiger partial charge in [0, 0.05) is 38.3 Å². The lowest BCUT2D eigenvalue weighted by Crippen LogP contribution is -2.59. The number of nitrogens with one attached hydrogen (secondary N) is 1. The van der Waals surface area contributed by atoms with Crippen molar-refractivity contribution in [2.45, 2.75) is 52.1 Å². The summed E-state index contributed by atoms with van der Waals surface area (Å²) < 4.78 is 0. The van der Waals surface area contributed by atoms with Crippen LogP contribution in [0.5, 0.6) is 0 Å². The fourth-order valence-corrected chi connectivity index (χ4v) is 3.34. The predicted molar refractivity (Wildman–Crippen MR) is 78.0 cm³/mol. The monoisotopic (exact) mass is 253 g/mol. The van der Waals surface area contributed by atoms with E-state index in [1.165, 1.54) is 45.4 Å². The number of piperidine rings is 1. The summed E-state index contributed by atoms with van der Waals surface area (Å²) in [5, 5.41) is 3.57. The lowest BCUT2D eigenvalue weighted by molar-refractivity contribution is 0.0160. The van der Waals surface area contributed by atoms with Gasteiger partial charge in [0.1, 0.15) is 0 Å². The fourth-order valence-electron chi connectivity index (χ4n) is 3.34. The van der Waals surface area contributed by atoms with E-state index in [0.717, 1.165) is 31.1 Å². The summed E-state index contributed by atoms with van der Waals surface area (Å²) in [6, 6.07) is 1.58. The Morgan fingerprint density at radius 2 is 2.06 bits per heavy atom. The summed E-state index contributed by atoms with van der Waals surface area (Å²) in [5.74, 6) is 0.762. The van der Waals surface area contributed by atoms with E-state index in [1.54, 1.807) is 0 Å². The summed E-state index contributed by atoms with van der Waals surface area (Å²) in [4.78, 5) is 5.42. The highest BCUT2D eigenvalue weighted by Crippen LogP contribution is 2.23. The summed E-state index contributed by atoms with van der Waals surface area (Å²) in [6.45, 7) is 14.4. The number of fused-ring (bicyclic) bond motifs is 1. The minimum Gasteiger partial charge on any atom is -0.315 e. The van der Waals surface area contributed by atoms with Crippen LogP contribution in [0.15, 0.2) is 0 Å². The van der Waals surface area contributed by atoms with Gasteiger partial charge in [-0.1, -0.05) is 20.3 Å². The molecule has 18 heavy (non-hydrogen) atoms. The van der Waals surface area contributed by atoms with Crippen LogP contribution >= 0.6 is 0 Å². The van der Waals surface area contributed by atoms with Crippen molar-refractivity contribution in [3.8, 4) is 0 Å². The highest BCUT2D eigenvalue weighted by molar-refractivity contribution is 4.89. The summed E-state index contributed by atoms with van der Waals surface area (Å²) >= 11 is 0. The van der Waals surface area contributed by atoms with E-state index >= 15 is 0 Å². The van der Waals surface area contributed by atoms with E-state index in [2.05, 4.69) is 35.9 Å². The van der Waals surface area contributed by atoms with Gasteiger partial charge in [0.15, 0.2) is 0 Å². The standard InChI is InChI=1S/C15H31N3/c1-13(2)10-16-7-9-17-12-15-6-4-5-8-18(15)11-14(17)3/h13-16H,4-12H2,1-3H3. The molecule has 1 N–H and O–H groups in total. The van der Waals surface area contributed by atoms with Crippen LogP contribution in [-0.4, -0.2) is 61.2 Å². The number of piperazine rings is 1. The Morgan fingerprint density at radius 1 is 1.22 bits per heavy atom. The maximum atomic E-state index is 3.57. The fraction of sp³-hybridized carbons (Fsp3) is 1.00. The SMILES string of the molecule is CC(C)CNCCN1CC2CCCCN2CC1C. The molecule has 3 nitrogen and oxygen atoms in total. The van der Waals surface area contributed by atoms with E-state index in [-0.39, 0.29) is 0 Å². The summed E-state index contributed by atoms with van der Waals surface area (Å²) in [5.41, 5.74) is 0. The van der Waals surface area contributed by atoms with Gasteiger partial charge in [0.05, 0.1) is 0 Å². The molecular weight excluding hydrogens is 222 g/mol. The highest BCUT2D eigenvalue weighted by Gasteiger charge is 2.32. The molecule has 2 saturated heterocycles. The molecule has 2 aliphatic rings. The van der Waals surface area contributed by atoms with Gasteiger partial charge >= 0.3 is 0 Å². The van der Waals surface area contributed by atoms with Crippen LogP contribution < -0.4 is 5.32 Å². The lowest BCUT2D eigenvalue weighted by Gasteiger charge is -2.47. The van der Waals surface area contributed by atoms with Gasteiger partial charge in [0.2, 0.25) is 0 Å². The lowest BCUT2D eigenvalue weighted by atomic mass is 9.97. The number of hydrogen-bond acceptors (Lipinski definition) is 3. The Hall–Kier alpha value is -0.120. The Labute approximate surface area is 113 Å². The van der Waals surface area contributed by atoms with Crippen molar-refractivity contribution >= 4 is 0 Å². The molecule has 106 valence electrons. The third-order valence-corrected chi connectivity index (χ3v) is 4.44. The minimum atomic E-state index is 0.736. The molecule has 0 aliphatic carbocycles. The van der Waals surface area contributed by atoms with Crippen molar-refractivity contribution < 1.29 is 0 Å². The summed E-state index contributed by atoms with van der Waals surface area (Å²) in [7, 11) is 0. The van der Waals surface area contributed by atoms with Crippen LogP contribution in [0.3, 0.4) is 0 Å². The number of nitrogens with zero attached hydrogens (tertiary/aromatic N) is 2. The zero-order valence-electron chi connectivity index (χ0n) is 12.5. The van der Waals surface area contributed by atoms with Gasteiger partial charge in [-0.25, -0.2) is 0 Å². The van der Waals surface area contributed by atoms with Gasteiger partial charge in [-0.2, -0.15) is 0 Å². The van der Waals surface area contributed by atoms with Gasteiger partial charge < -0.3 is 5.32 Å². The predicted octanol–water partition coefficient (Wildman–Crippen LogP) is 1.79. The molecule has 2 unspecified atom stereocenters. The smallest absolute Gasteiger partial charge is 0.0223 e. The minimum absolute atomic E-state index is 0.736. The number of hydrogen-bond donors (Lipinski definition) is 1. The van der Waals surface area contributed by atoms with Crippen LogP contribution in [0.25, 0.3) is 0 Å². The van der Waals surface area contributed by atoms with Crippen molar-refractivity contribution in [3.05, 3.63) is 0 Å². The van der Waals surface area contributed by atoms with Crippen molar-refractivity contribution in [3.63, 3.8) is 0 Å². The third-order valence-electron chi connectivity index (χ3n) is 4.44. The summed E-state index contributed by atoms with van der Waals surface area (Å²) in [6.07, 6.45) is 4.27. The topological polar surface area (TPSA) is 18.5 Å². The van der Waals surface area contributed by atoms with Crippen LogP contribution in [0.1, 0.15) is 40.0 Å². The van der Waals surface area contributed by atoms with E-state index in [0.29, 0.717) is 0 Å². The molecule has 0 aromatic carbocycles. The van der Waals surface area contributed by atoms with E-state index in [1.807, 2.05) is 0 Å². The largest absolute Gasteiger partial charge is 0.315 e. The molecule has 2 atom stereocenters. The molecule has 2 aliphatic heterocycles. The van der Waals surface area contributed by atoms with Gasteiger partial charge in [-0.05, 0) is 38.8 Å². The average Bonchev–Trinajstić information content (AvgIpc) is 2.34. The van der Waals surface area contributed by atoms with Gasteiger partial charge in [0.25, 0.3) is 0 Å². The van der Waals surface area contributed by atoms with Crippen LogP contribution in [0.2, 0.25) is 0 Å². The van der Waals surface area contributed by atoms with Crippen molar-refractivity contribution in [2.24, 2.45) is 5.92 Å². The Bertz CT molecular complexity index is 242. The molecule has 0 spiro atoms. The highest BCUT2D eigenvalue weighted by atomic mass is 15.3. The van der Waals surface area contributed by atoms with Crippen LogP contribution in [0, 0.1) is 5.92 Å². The first-order chi connectivity index (χ1) is 8.66. The van der Waals surface area contributed by atoms with Crippen molar-refractivity contribution in [1.82, 2.24) is 15.1 Å². The van der Waals surface area contributed by atoms with E-state index in [9.17, 15) is 0 Å². The van der Waals surface area contributed by atoms with Crippen molar-refractivity contribution in [2.75, 3.05) is 39.3 Å². The Morgan fingerprint density at radius 3 is 2.83 bits per heavy atom. The third kappa shape index (κ3) is 3.94. The second-order valence-corrected chi connectivity index (χ2v) is 6.59. The van der Waals surface area contributed by atoms with E-state index in [4.69, 9.17) is 0 Å². The molecular formula is C15H31N3. The molecule has 2 heterocycles. The normalized spacial score (nSPS) is 30.7. The van der Waals surface area contributed by atoms with Crippen LogP contribution in [-0.2, 0) is 0 Å². The van der Waals surface area contributed by atoms with Crippen molar-refractivity contribution in [1.29, 1.82) is 0 Å². The second kappa shape index (κ2) is 6.88. The maximum Gasteiger partial charge on any atom is 0.0223 e. The molecule has 0 amide bonds. The van der Waals surface area contributed by atoms with Crippen LogP contribution in [0.4, 0.5) is 0 Å². The van der Waals surface area contributed by atoms with E-state index < -0.39 is 0 Å².